The summed E-state index contributed by atoms with van der Waals surface area (Å²) in [6.07, 6.45) is 2.95. The molecular weight excluding hydrogens is 422 g/mol. The summed E-state index contributed by atoms with van der Waals surface area (Å²) >= 11 is 3.54. The minimum absolute atomic E-state index is 0.958. The molecule has 0 saturated heterocycles. The second-order valence-electron chi connectivity index (χ2n) is 7.33. The molecule has 0 bridgehead atoms. The number of hydrogen-bond acceptors (Lipinski definition) is 2. The highest BCUT2D eigenvalue weighted by Gasteiger charge is 2.17. The van der Waals surface area contributed by atoms with Crippen molar-refractivity contribution in [1.29, 1.82) is 0 Å². The maximum atomic E-state index is 5.06. The Labute approximate surface area is 178 Å². The van der Waals surface area contributed by atoms with Crippen LogP contribution in [0.3, 0.4) is 0 Å². The highest BCUT2D eigenvalue weighted by molar-refractivity contribution is 9.10. The Morgan fingerprint density at radius 1 is 0.897 bits per heavy atom. The predicted molar refractivity (Wildman–Crippen MR) is 124 cm³/mol. The van der Waals surface area contributed by atoms with Crippen LogP contribution >= 0.6 is 15.9 Å². The second kappa shape index (κ2) is 7.12. The van der Waals surface area contributed by atoms with Crippen molar-refractivity contribution in [1.82, 2.24) is 14.8 Å². The highest BCUT2D eigenvalue weighted by atomic mass is 79.9. The van der Waals surface area contributed by atoms with Crippen LogP contribution in [-0.2, 0) is 6.42 Å². The Balaban J connectivity index is 1.88. The van der Waals surface area contributed by atoms with Crippen molar-refractivity contribution in [3.8, 4) is 16.9 Å². The monoisotopic (exact) mass is 441 g/mol. The van der Waals surface area contributed by atoms with Gasteiger partial charge in [-0.15, -0.1) is 0 Å². The Morgan fingerprint density at radius 3 is 2.38 bits per heavy atom. The van der Waals surface area contributed by atoms with Crippen molar-refractivity contribution < 1.29 is 0 Å². The summed E-state index contributed by atoms with van der Waals surface area (Å²) in [6.45, 7) is 4.28. The van der Waals surface area contributed by atoms with Gasteiger partial charge in [-0.2, -0.15) is 5.10 Å². The molecule has 0 aliphatic carbocycles. The van der Waals surface area contributed by atoms with E-state index in [4.69, 9.17) is 10.1 Å². The van der Waals surface area contributed by atoms with Crippen molar-refractivity contribution in [2.45, 2.75) is 20.3 Å². The van der Waals surface area contributed by atoms with Crippen molar-refractivity contribution >= 4 is 37.7 Å². The number of hydrogen-bond donors (Lipinski definition) is 0. The molecular formula is C25H20BrN3. The minimum atomic E-state index is 0.958. The zero-order chi connectivity index (χ0) is 20.0. The van der Waals surface area contributed by atoms with Gasteiger partial charge in [0.2, 0.25) is 0 Å². The summed E-state index contributed by atoms with van der Waals surface area (Å²) in [5, 5.41) is 7.26. The number of aromatic nitrogens is 3. The van der Waals surface area contributed by atoms with Crippen LogP contribution < -0.4 is 0 Å². The molecule has 0 saturated carbocycles. The molecule has 2 heterocycles. The van der Waals surface area contributed by atoms with E-state index in [1.54, 1.807) is 0 Å². The molecule has 4 heteroatoms. The normalized spacial score (nSPS) is 11.4. The maximum absolute atomic E-state index is 5.06. The van der Waals surface area contributed by atoms with E-state index in [9.17, 15) is 0 Å². The number of halogens is 1. The molecule has 3 nitrogen and oxygen atoms in total. The van der Waals surface area contributed by atoms with Crippen LogP contribution in [-0.4, -0.2) is 14.8 Å². The number of fused-ring (bicyclic) bond motifs is 3. The Bertz CT molecular complexity index is 1330. The molecule has 142 valence electrons. The minimum Gasteiger partial charge on any atom is -0.255 e. The summed E-state index contributed by atoms with van der Waals surface area (Å²) in [5.74, 6) is 0. The Morgan fingerprint density at radius 2 is 1.66 bits per heavy atom. The van der Waals surface area contributed by atoms with Crippen molar-refractivity contribution in [2.75, 3.05) is 0 Å². The Hall–Kier alpha value is -2.98. The predicted octanol–water partition coefficient (Wildman–Crippen LogP) is 6.87. The van der Waals surface area contributed by atoms with Gasteiger partial charge < -0.3 is 0 Å². The molecule has 2 aromatic heterocycles. The number of aryl methyl sites for hydroxylation is 2. The fraction of sp³-hybridized carbons (Fsp3) is 0.120. The van der Waals surface area contributed by atoms with E-state index in [1.807, 2.05) is 6.20 Å². The van der Waals surface area contributed by atoms with Gasteiger partial charge in [0.15, 0.2) is 0 Å². The molecule has 0 amide bonds. The van der Waals surface area contributed by atoms with Gasteiger partial charge in [-0.05, 0) is 55.3 Å². The molecule has 0 N–H and O–H groups in total. The average Bonchev–Trinajstić information content (AvgIpc) is 3.14. The molecule has 0 aliphatic rings. The first-order valence-electron chi connectivity index (χ1n) is 9.77. The van der Waals surface area contributed by atoms with E-state index >= 15 is 0 Å². The topological polar surface area (TPSA) is 30.7 Å². The van der Waals surface area contributed by atoms with Crippen LogP contribution in [0, 0.1) is 6.92 Å². The summed E-state index contributed by atoms with van der Waals surface area (Å²) < 4.78 is 3.11. The van der Waals surface area contributed by atoms with Gasteiger partial charge in [0, 0.05) is 27.0 Å². The third-order valence-corrected chi connectivity index (χ3v) is 5.90. The van der Waals surface area contributed by atoms with E-state index in [2.05, 4.69) is 101 Å². The first-order valence-corrected chi connectivity index (χ1v) is 10.6. The molecule has 3 aromatic carbocycles. The lowest BCUT2D eigenvalue weighted by atomic mass is 10.0. The molecule has 5 rings (SSSR count). The average molecular weight is 442 g/mol. The molecule has 0 fully saturated rings. The quantitative estimate of drug-likeness (QED) is 0.305. The molecule has 0 spiro atoms. The number of pyridine rings is 1. The molecule has 0 unspecified atom stereocenters. The fourth-order valence-corrected chi connectivity index (χ4v) is 4.01. The SMILES string of the molecule is CCc1ccc2ncc3c(-c4ccc(C)cc4)nn(-c4ccc(Br)cc4)c3c2c1. The summed E-state index contributed by atoms with van der Waals surface area (Å²) in [5.41, 5.74) is 7.72. The van der Waals surface area contributed by atoms with Gasteiger partial charge in [-0.3, -0.25) is 4.98 Å². The van der Waals surface area contributed by atoms with Crippen molar-refractivity contribution in [3.63, 3.8) is 0 Å². The van der Waals surface area contributed by atoms with Crippen LogP contribution in [0.1, 0.15) is 18.1 Å². The molecule has 0 aliphatic heterocycles. The van der Waals surface area contributed by atoms with E-state index in [0.29, 0.717) is 0 Å². The van der Waals surface area contributed by atoms with Gasteiger partial charge in [-0.1, -0.05) is 58.7 Å². The lowest BCUT2D eigenvalue weighted by molar-refractivity contribution is 0.917. The van der Waals surface area contributed by atoms with Gasteiger partial charge in [-0.25, -0.2) is 4.68 Å². The summed E-state index contributed by atoms with van der Waals surface area (Å²) in [7, 11) is 0. The lowest BCUT2D eigenvalue weighted by Crippen LogP contribution is -1.97. The van der Waals surface area contributed by atoms with E-state index < -0.39 is 0 Å². The third-order valence-electron chi connectivity index (χ3n) is 5.38. The molecule has 0 atom stereocenters. The van der Waals surface area contributed by atoms with Crippen LogP contribution in [0.25, 0.3) is 38.8 Å². The largest absolute Gasteiger partial charge is 0.255 e. The van der Waals surface area contributed by atoms with Crippen molar-refractivity contribution in [2.24, 2.45) is 0 Å². The number of rotatable bonds is 3. The van der Waals surface area contributed by atoms with Gasteiger partial charge in [0.05, 0.1) is 16.7 Å². The van der Waals surface area contributed by atoms with Crippen LogP contribution in [0.4, 0.5) is 0 Å². The smallest absolute Gasteiger partial charge is 0.102 e. The zero-order valence-electron chi connectivity index (χ0n) is 16.4. The standard InChI is InChI=1S/C25H20BrN3/c1-3-17-6-13-23-21(14-17)25-22(15-27-23)24(18-7-4-16(2)5-8-18)28-29(25)20-11-9-19(26)10-12-20/h4-15H,3H2,1-2H3. The molecule has 29 heavy (non-hydrogen) atoms. The van der Waals surface area contributed by atoms with Crippen LogP contribution in [0.15, 0.2) is 77.4 Å². The number of benzene rings is 3. The molecule has 5 aromatic rings. The van der Waals surface area contributed by atoms with E-state index in [1.165, 1.54) is 11.1 Å². The Kier molecular flexibility index (Phi) is 4.44. The fourth-order valence-electron chi connectivity index (χ4n) is 3.74. The van der Waals surface area contributed by atoms with Gasteiger partial charge in [0.25, 0.3) is 0 Å². The second-order valence-corrected chi connectivity index (χ2v) is 8.24. The first-order chi connectivity index (χ1) is 14.1. The third kappa shape index (κ3) is 3.14. The summed E-state index contributed by atoms with van der Waals surface area (Å²) in [4.78, 5) is 4.75. The lowest BCUT2D eigenvalue weighted by Gasteiger charge is -2.07. The molecule has 0 radical (unpaired) electrons. The van der Waals surface area contributed by atoms with Crippen LogP contribution in [0.2, 0.25) is 0 Å². The summed E-state index contributed by atoms with van der Waals surface area (Å²) in [6, 6.07) is 23.3. The highest BCUT2D eigenvalue weighted by Crippen LogP contribution is 2.34. The van der Waals surface area contributed by atoms with E-state index in [0.717, 1.165) is 49.6 Å². The number of nitrogens with zero attached hydrogens (tertiary/aromatic N) is 3. The van der Waals surface area contributed by atoms with Gasteiger partial charge in [0.1, 0.15) is 5.69 Å². The maximum Gasteiger partial charge on any atom is 0.102 e. The van der Waals surface area contributed by atoms with Crippen LogP contribution in [0.5, 0.6) is 0 Å². The van der Waals surface area contributed by atoms with Crippen molar-refractivity contribution in [3.05, 3.63) is 88.5 Å². The van der Waals surface area contributed by atoms with Gasteiger partial charge >= 0.3 is 0 Å². The first kappa shape index (κ1) is 18.1. The van der Waals surface area contributed by atoms with E-state index in [-0.39, 0.29) is 0 Å². The zero-order valence-corrected chi connectivity index (χ0v) is 17.9.